The number of phenols is 1. The van der Waals surface area contributed by atoms with E-state index in [0.29, 0.717) is 0 Å². The van der Waals surface area contributed by atoms with Crippen molar-refractivity contribution >= 4 is 11.6 Å². The number of ketones is 2. The smallest absolute Gasteiger partial charge is 0.233 e. The third-order valence-corrected chi connectivity index (χ3v) is 5.71. The van der Waals surface area contributed by atoms with Crippen LogP contribution in [0.25, 0.3) is 0 Å². The Bertz CT molecular complexity index is 1180. The molecule has 5 rings (SSSR count). The van der Waals surface area contributed by atoms with E-state index in [-0.39, 0.29) is 59.2 Å². The monoisotopic (exact) mass is 492 g/mol. The fourth-order valence-corrected chi connectivity index (χ4v) is 3.87. The lowest BCUT2D eigenvalue weighted by molar-refractivity contribution is -0.277. The van der Waals surface area contributed by atoms with E-state index in [1.54, 1.807) is 0 Å². The van der Waals surface area contributed by atoms with Crippen LogP contribution in [0.2, 0.25) is 0 Å². The van der Waals surface area contributed by atoms with E-state index in [1.807, 2.05) is 0 Å². The summed E-state index contributed by atoms with van der Waals surface area (Å²) in [5, 5.41) is 49.7. The normalized spacial score (nSPS) is 26.5. The summed E-state index contributed by atoms with van der Waals surface area (Å²) < 4.78 is 31.9. The number of hydrogen-bond acceptors (Lipinski definition) is 13. The van der Waals surface area contributed by atoms with Crippen molar-refractivity contribution in [1.29, 1.82) is 0 Å². The summed E-state index contributed by atoms with van der Waals surface area (Å²) in [5.74, 6) is -2.20. The van der Waals surface area contributed by atoms with Gasteiger partial charge in [-0.3, -0.25) is 9.59 Å². The molecule has 5 N–H and O–H groups in total. The SMILES string of the molecule is O=C(C(=O)c1cc2c(c(O[C@@H]3O[C@H](CO)[C@@H](O)[C@H](O)[C@H]3O)c1)OCO2)c1cc(O)c2c(c1)OCO2. The zero-order valence-electron chi connectivity index (χ0n) is 17.8. The summed E-state index contributed by atoms with van der Waals surface area (Å²) in [6, 6.07) is 4.75. The molecule has 0 aliphatic carbocycles. The van der Waals surface area contributed by atoms with E-state index in [0.717, 1.165) is 12.1 Å². The van der Waals surface area contributed by atoms with E-state index in [2.05, 4.69) is 0 Å². The van der Waals surface area contributed by atoms with Gasteiger partial charge in [-0.2, -0.15) is 0 Å². The summed E-state index contributed by atoms with van der Waals surface area (Å²) in [6.07, 6.45) is -7.80. The lowest BCUT2D eigenvalue weighted by Crippen LogP contribution is -2.60. The highest BCUT2D eigenvalue weighted by Crippen LogP contribution is 2.44. The van der Waals surface area contributed by atoms with Crippen LogP contribution >= 0.6 is 0 Å². The molecule has 186 valence electrons. The Morgan fingerprint density at radius 2 is 1.43 bits per heavy atom. The van der Waals surface area contributed by atoms with Gasteiger partial charge >= 0.3 is 0 Å². The number of carbonyl (C=O) groups excluding carboxylic acids is 2. The van der Waals surface area contributed by atoms with Crippen LogP contribution in [0.4, 0.5) is 0 Å². The van der Waals surface area contributed by atoms with Gasteiger partial charge in [-0.1, -0.05) is 0 Å². The molecule has 13 nitrogen and oxygen atoms in total. The molecule has 3 aliphatic heterocycles. The highest BCUT2D eigenvalue weighted by molar-refractivity contribution is 6.49. The van der Waals surface area contributed by atoms with Crippen molar-refractivity contribution in [2.24, 2.45) is 0 Å². The molecule has 2 aromatic rings. The van der Waals surface area contributed by atoms with E-state index in [1.165, 1.54) is 12.1 Å². The molecule has 0 amide bonds. The number of phenolic OH excluding ortho intramolecular Hbond substituents is 1. The first-order chi connectivity index (χ1) is 16.8. The van der Waals surface area contributed by atoms with Crippen LogP contribution in [0.5, 0.6) is 34.5 Å². The summed E-state index contributed by atoms with van der Waals surface area (Å²) in [4.78, 5) is 25.9. The van der Waals surface area contributed by atoms with Gasteiger partial charge < -0.3 is 54.0 Å². The van der Waals surface area contributed by atoms with Crippen LogP contribution in [-0.2, 0) is 4.74 Å². The molecule has 3 heterocycles. The Hall–Kier alpha value is -3.62. The number of aromatic hydroxyl groups is 1. The number of aliphatic hydroxyl groups is 4. The average Bonchev–Trinajstić information content (AvgIpc) is 3.53. The molecule has 2 aromatic carbocycles. The second-order valence-corrected chi connectivity index (χ2v) is 7.91. The summed E-state index contributed by atoms with van der Waals surface area (Å²) >= 11 is 0. The third kappa shape index (κ3) is 3.98. The van der Waals surface area contributed by atoms with Crippen LogP contribution in [-0.4, -0.2) is 88.0 Å². The molecule has 3 aliphatic rings. The van der Waals surface area contributed by atoms with Gasteiger partial charge in [0.2, 0.25) is 42.9 Å². The van der Waals surface area contributed by atoms with Crippen LogP contribution in [0, 0.1) is 0 Å². The van der Waals surface area contributed by atoms with Crippen molar-refractivity contribution in [3.63, 3.8) is 0 Å². The van der Waals surface area contributed by atoms with E-state index in [9.17, 15) is 35.1 Å². The molecule has 0 bridgehead atoms. The number of aliphatic hydroxyl groups excluding tert-OH is 4. The quantitative estimate of drug-likeness (QED) is 0.246. The highest BCUT2D eigenvalue weighted by atomic mass is 16.7. The van der Waals surface area contributed by atoms with Crippen LogP contribution in [0.3, 0.4) is 0 Å². The lowest BCUT2D eigenvalue weighted by Gasteiger charge is -2.39. The number of carbonyl (C=O) groups is 2. The highest BCUT2D eigenvalue weighted by Gasteiger charge is 2.45. The first-order valence-corrected chi connectivity index (χ1v) is 10.4. The number of ether oxygens (including phenoxy) is 6. The Kier molecular flexibility index (Phi) is 5.86. The van der Waals surface area contributed by atoms with E-state index < -0.39 is 48.9 Å². The van der Waals surface area contributed by atoms with Crippen molar-refractivity contribution in [2.75, 3.05) is 20.2 Å². The number of benzene rings is 2. The van der Waals surface area contributed by atoms with Crippen LogP contribution in [0.1, 0.15) is 20.7 Å². The predicted octanol–water partition coefficient (Wildman–Crippen LogP) is -0.906. The number of hydrogen-bond donors (Lipinski definition) is 5. The number of fused-ring (bicyclic) bond motifs is 2. The minimum absolute atomic E-state index is 0.0479. The predicted molar refractivity (Wildman–Crippen MR) is 110 cm³/mol. The van der Waals surface area contributed by atoms with Gasteiger partial charge in [0, 0.05) is 11.1 Å². The minimum Gasteiger partial charge on any atom is -0.504 e. The molecule has 0 unspecified atom stereocenters. The largest absolute Gasteiger partial charge is 0.504 e. The van der Waals surface area contributed by atoms with Crippen molar-refractivity contribution in [2.45, 2.75) is 30.7 Å². The van der Waals surface area contributed by atoms with Crippen molar-refractivity contribution in [1.82, 2.24) is 0 Å². The molecule has 13 heteroatoms. The van der Waals surface area contributed by atoms with Gasteiger partial charge in [0.05, 0.1) is 6.61 Å². The first kappa shape index (κ1) is 23.1. The van der Waals surface area contributed by atoms with E-state index in [4.69, 9.17) is 28.4 Å². The van der Waals surface area contributed by atoms with Crippen LogP contribution in [0.15, 0.2) is 24.3 Å². The Morgan fingerprint density at radius 3 is 2.09 bits per heavy atom. The second-order valence-electron chi connectivity index (χ2n) is 7.91. The molecular formula is C22H20O13. The molecule has 1 fully saturated rings. The second kappa shape index (κ2) is 8.87. The molecule has 0 radical (unpaired) electrons. The molecular weight excluding hydrogens is 472 g/mol. The Morgan fingerprint density at radius 1 is 0.829 bits per heavy atom. The summed E-state index contributed by atoms with van der Waals surface area (Å²) in [7, 11) is 0. The zero-order chi connectivity index (χ0) is 24.9. The topological polar surface area (TPSA) is 191 Å². The molecule has 0 aromatic heterocycles. The van der Waals surface area contributed by atoms with Crippen molar-refractivity contribution < 1.29 is 63.5 Å². The van der Waals surface area contributed by atoms with Gasteiger partial charge in [0.1, 0.15) is 24.4 Å². The van der Waals surface area contributed by atoms with Gasteiger partial charge in [0.25, 0.3) is 0 Å². The van der Waals surface area contributed by atoms with Crippen molar-refractivity contribution in [3.05, 3.63) is 35.4 Å². The maximum atomic E-state index is 13.0. The summed E-state index contributed by atoms with van der Waals surface area (Å²) in [6.45, 7) is -1.03. The van der Waals surface area contributed by atoms with Gasteiger partial charge in [-0.25, -0.2) is 0 Å². The molecule has 0 saturated carbocycles. The Balaban J connectivity index is 1.44. The van der Waals surface area contributed by atoms with E-state index >= 15 is 0 Å². The standard InChI is InChI=1S/C22H20O13/c23-5-14-17(27)18(28)19(29)22(35-14)34-13-4-9(3-12-21(13)33-7-31-12)16(26)15(25)8-1-10(24)20-11(2-8)30-6-32-20/h1-4,14,17-19,22-24,27-29H,5-7H2/t14-,17-,18+,19-,22-/m1/s1. The molecule has 35 heavy (non-hydrogen) atoms. The number of rotatable bonds is 6. The van der Waals surface area contributed by atoms with Crippen molar-refractivity contribution in [3.8, 4) is 34.5 Å². The minimum atomic E-state index is -1.72. The summed E-state index contributed by atoms with van der Waals surface area (Å²) in [5.41, 5.74) is -0.318. The van der Waals surface area contributed by atoms with Gasteiger partial charge in [0.15, 0.2) is 23.0 Å². The first-order valence-electron chi connectivity index (χ1n) is 10.4. The third-order valence-electron chi connectivity index (χ3n) is 5.71. The van der Waals surface area contributed by atoms with Gasteiger partial charge in [-0.05, 0) is 24.3 Å². The maximum absolute atomic E-state index is 13.0. The van der Waals surface area contributed by atoms with Crippen LogP contribution < -0.4 is 23.7 Å². The average molecular weight is 492 g/mol. The molecule has 1 saturated heterocycles. The number of Topliss-reactive ketones (excluding diaryl/α,β-unsaturated/α-hetero) is 2. The lowest BCUT2D eigenvalue weighted by atomic mass is 9.99. The fourth-order valence-electron chi connectivity index (χ4n) is 3.87. The zero-order valence-corrected chi connectivity index (χ0v) is 17.8. The fraction of sp³-hybridized carbons (Fsp3) is 0.364. The van der Waals surface area contributed by atoms with Gasteiger partial charge in [-0.15, -0.1) is 0 Å². The Labute approximate surface area is 196 Å². The molecule has 5 atom stereocenters. The molecule has 0 spiro atoms. The maximum Gasteiger partial charge on any atom is 0.233 e.